The molecule has 0 unspecified atom stereocenters. The largest absolute Gasteiger partial charge is 0.461 e. The first kappa shape index (κ1) is 12.9. The molecule has 0 spiro atoms. The molecule has 1 heterocycles. The number of anilines is 1. The van der Waals surface area contributed by atoms with Crippen LogP contribution in [0.1, 0.15) is 49.4 Å². The monoisotopic (exact) mass is 251 g/mol. The Morgan fingerprint density at radius 3 is 2.72 bits per heavy atom. The van der Waals surface area contributed by atoms with Gasteiger partial charge in [-0.25, -0.2) is 9.78 Å². The van der Waals surface area contributed by atoms with Gasteiger partial charge >= 0.3 is 5.97 Å². The fourth-order valence-electron chi connectivity index (χ4n) is 2.27. The summed E-state index contributed by atoms with van der Waals surface area (Å²) in [5.41, 5.74) is 6.31. The highest BCUT2D eigenvalue weighted by Gasteiger charge is 2.24. The number of esters is 1. The van der Waals surface area contributed by atoms with Crippen molar-refractivity contribution in [1.29, 1.82) is 0 Å². The molecule has 1 aliphatic carbocycles. The van der Waals surface area contributed by atoms with Crippen LogP contribution < -0.4 is 5.73 Å². The average molecular weight is 251 g/mol. The summed E-state index contributed by atoms with van der Waals surface area (Å²) in [4.78, 5) is 16.1. The molecule has 5 nitrogen and oxygen atoms in total. The first-order valence-corrected chi connectivity index (χ1v) is 6.69. The van der Waals surface area contributed by atoms with Crippen molar-refractivity contribution >= 4 is 11.8 Å². The molecule has 1 aromatic rings. The van der Waals surface area contributed by atoms with Gasteiger partial charge in [-0.15, -0.1) is 0 Å². The molecule has 2 rings (SSSR count). The molecule has 5 heteroatoms. The molecule has 0 bridgehead atoms. The maximum Gasteiger partial charge on any atom is 0.360 e. The molecule has 1 saturated carbocycles. The summed E-state index contributed by atoms with van der Waals surface area (Å²) in [6, 6.07) is 0. The molecule has 1 aromatic heterocycles. The van der Waals surface area contributed by atoms with Crippen LogP contribution in [0.25, 0.3) is 0 Å². The van der Waals surface area contributed by atoms with E-state index in [1.165, 1.54) is 19.3 Å². The van der Waals surface area contributed by atoms with Crippen LogP contribution in [0, 0.1) is 5.92 Å². The number of ether oxygens (including phenoxy) is 1. The minimum atomic E-state index is -0.419. The van der Waals surface area contributed by atoms with E-state index in [4.69, 9.17) is 10.5 Å². The second kappa shape index (κ2) is 5.42. The van der Waals surface area contributed by atoms with Gasteiger partial charge in [-0.1, -0.05) is 13.3 Å². The number of carbonyl (C=O) groups is 1. The van der Waals surface area contributed by atoms with Crippen LogP contribution in [-0.2, 0) is 17.7 Å². The topological polar surface area (TPSA) is 70.1 Å². The van der Waals surface area contributed by atoms with E-state index in [1.807, 2.05) is 11.5 Å². The summed E-state index contributed by atoms with van der Waals surface area (Å²) in [6.45, 7) is 5.02. The van der Waals surface area contributed by atoms with Crippen molar-refractivity contribution in [3.05, 3.63) is 11.5 Å². The van der Waals surface area contributed by atoms with Gasteiger partial charge in [-0.2, -0.15) is 0 Å². The van der Waals surface area contributed by atoms with E-state index in [1.54, 1.807) is 6.92 Å². The second-order valence-electron chi connectivity index (χ2n) is 4.74. The molecule has 0 aromatic carbocycles. The van der Waals surface area contributed by atoms with Gasteiger partial charge in [0, 0.05) is 13.0 Å². The van der Waals surface area contributed by atoms with Gasteiger partial charge in [-0.05, 0) is 25.7 Å². The summed E-state index contributed by atoms with van der Waals surface area (Å²) in [5, 5.41) is 0. The first-order valence-electron chi connectivity index (χ1n) is 6.69. The number of imidazole rings is 1. The van der Waals surface area contributed by atoms with E-state index < -0.39 is 5.97 Å². The maximum absolute atomic E-state index is 11.7. The summed E-state index contributed by atoms with van der Waals surface area (Å²) in [5.74, 6) is 1.60. The number of nitrogens with zero attached hydrogens (tertiary/aromatic N) is 2. The lowest BCUT2D eigenvalue weighted by Crippen LogP contribution is -2.20. The van der Waals surface area contributed by atoms with E-state index in [0.29, 0.717) is 18.3 Å². The Bertz CT molecular complexity index is 436. The van der Waals surface area contributed by atoms with Crippen molar-refractivity contribution in [2.24, 2.45) is 5.92 Å². The Labute approximate surface area is 107 Å². The van der Waals surface area contributed by atoms with Crippen molar-refractivity contribution in [2.45, 2.75) is 46.1 Å². The third-order valence-corrected chi connectivity index (χ3v) is 3.54. The first-order chi connectivity index (χ1) is 8.67. The van der Waals surface area contributed by atoms with Crippen LogP contribution in [0.5, 0.6) is 0 Å². The normalized spacial score (nSPS) is 15.4. The van der Waals surface area contributed by atoms with Gasteiger partial charge < -0.3 is 15.0 Å². The lowest BCUT2D eigenvalue weighted by Gasteiger charge is -2.26. The molecule has 0 saturated heterocycles. The molecule has 2 N–H and O–H groups in total. The predicted molar refractivity (Wildman–Crippen MR) is 69.3 cm³/mol. The number of hydrogen-bond acceptors (Lipinski definition) is 4. The fraction of sp³-hybridized carbons (Fsp3) is 0.692. The second-order valence-corrected chi connectivity index (χ2v) is 4.74. The van der Waals surface area contributed by atoms with Crippen LogP contribution in [0.15, 0.2) is 0 Å². The maximum atomic E-state index is 11.7. The molecule has 0 aliphatic heterocycles. The highest BCUT2D eigenvalue weighted by molar-refractivity contribution is 5.92. The highest BCUT2D eigenvalue weighted by Crippen LogP contribution is 2.30. The number of aryl methyl sites for hydroxylation is 1. The van der Waals surface area contributed by atoms with Crippen LogP contribution in [0.4, 0.5) is 5.82 Å². The summed E-state index contributed by atoms with van der Waals surface area (Å²) in [7, 11) is 0. The number of rotatable bonds is 5. The van der Waals surface area contributed by atoms with Crippen LogP contribution in [-0.4, -0.2) is 22.1 Å². The highest BCUT2D eigenvalue weighted by atomic mass is 16.5. The summed E-state index contributed by atoms with van der Waals surface area (Å²) in [6.07, 6.45) is 4.56. The summed E-state index contributed by atoms with van der Waals surface area (Å²) < 4.78 is 6.95. The molecular formula is C13H21N3O2. The molecule has 0 amide bonds. The number of carbonyl (C=O) groups excluding carboxylic acids is 1. The van der Waals surface area contributed by atoms with Gasteiger partial charge in [0.05, 0.1) is 6.61 Å². The van der Waals surface area contributed by atoms with Crippen molar-refractivity contribution in [3.8, 4) is 0 Å². The zero-order valence-electron chi connectivity index (χ0n) is 11.1. The van der Waals surface area contributed by atoms with Crippen molar-refractivity contribution in [2.75, 3.05) is 12.3 Å². The van der Waals surface area contributed by atoms with Gasteiger partial charge in [0.25, 0.3) is 0 Å². The van der Waals surface area contributed by atoms with Gasteiger partial charge in [-0.3, -0.25) is 0 Å². The van der Waals surface area contributed by atoms with Crippen LogP contribution in [0.2, 0.25) is 0 Å². The number of hydrogen-bond donors (Lipinski definition) is 1. The van der Waals surface area contributed by atoms with E-state index in [-0.39, 0.29) is 5.69 Å². The molecule has 18 heavy (non-hydrogen) atoms. The van der Waals surface area contributed by atoms with E-state index in [2.05, 4.69) is 4.98 Å². The quantitative estimate of drug-likeness (QED) is 0.813. The lowest BCUT2D eigenvalue weighted by atomic mass is 9.85. The van der Waals surface area contributed by atoms with E-state index >= 15 is 0 Å². The summed E-state index contributed by atoms with van der Waals surface area (Å²) >= 11 is 0. The van der Waals surface area contributed by atoms with Crippen molar-refractivity contribution in [1.82, 2.24) is 9.55 Å². The molecular weight excluding hydrogens is 230 g/mol. The minimum absolute atomic E-state index is 0.271. The smallest absolute Gasteiger partial charge is 0.360 e. The number of aromatic nitrogens is 2. The molecule has 0 atom stereocenters. The molecule has 1 fully saturated rings. The Morgan fingerprint density at radius 1 is 1.50 bits per heavy atom. The Hall–Kier alpha value is -1.52. The predicted octanol–water partition coefficient (Wildman–Crippen LogP) is 2.00. The standard InChI is InChI=1S/C13H21N3O2/c1-3-10-15-11(13(17)18-4-2)12(14)16(10)8-9-6-5-7-9/h9H,3-8,14H2,1-2H3. The Morgan fingerprint density at radius 2 is 2.22 bits per heavy atom. The minimum Gasteiger partial charge on any atom is -0.461 e. The third-order valence-electron chi connectivity index (χ3n) is 3.54. The van der Waals surface area contributed by atoms with Crippen LogP contribution in [0.3, 0.4) is 0 Å². The van der Waals surface area contributed by atoms with Crippen LogP contribution >= 0.6 is 0 Å². The SMILES string of the molecule is CCOC(=O)c1nc(CC)n(CC2CCC2)c1N. The number of nitrogen functional groups attached to an aromatic ring is 1. The average Bonchev–Trinajstić information content (AvgIpc) is 2.61. The van der Waals surface area contributed by atoms with E-state index in [9.17, 15) is 4.79 Å². The third kappa shape index (κ3) is 2.35. The van der Waals surface area contributed by atoms with E-state index in [0.717, 1.165) is 18.8 Å². The van der Waals surface area contributed by atoms with Crippen molar-refractivity contribution in [3.63, 3.8) is 0 Å². The molecule has 0 radical (unpaired) electrons. The molecule has 100 valence electrons. The lowest BCUT2D eigenvalue weighted by molar-refractivity contribution is 0.0521. The Kier molecular flexibility index (Phi) is 3.89. The number of nitrogens with two attached hydrogens (primary N) is 1. The Balaban J connectivity index is 2.23. The van der Waals surface area contributed by atoms with Gasteiger partial charge in [0.1, 0.15) is 11.6 Å². The van der Waals surface area contributed by atoms with Gasteiger partial charge in [0.2, 0.25) is 0 Å². The molecule has 1 aliphatic rings. The zero-order valence-corrected chi connectivity index (χ0v) is 11.1. The zero-order chi connectivity index (χ0) is 13.1. The van der Waals surface area contributed by atoms with Crippen molar-refractivity contribution < 1.29 is 9.53 Å². The fourth-order valence-corrected chi connectivity index (χ4v) is 2.27. The van der Waals surface area contributed by atoms with Gasteiger partial charge in [0.15, 0.2) is 5.69 Å².